The van der Waals surface area contributed by atoms with Crippen molar-refractivity contribution in [2.24, 2.45) is 5.73 Å². The van der Waals surface area contributed by atoms with Crippen LogP contribution in [0.15, 0.2) is 30.3 Å². The summed E-state index contributed by atoms with van der Waals surface area (Å²) in [7, 11) is 0. The minimum Gasteiger partial charge on any atom is -0.329 e. The fourth-order valence-corrected chi connectivity index (χ4v) is 5.07. The van der Waals surface area contributed by atoms with Crippen molar-refractivity contribution in [1.82, 2.24) is 9.80 Å². The van der Waals surface area contributed by atoms with Crippen LogP contribution in [-0.2, 0) is 6.54 Å². The maximum Gasteiger partial charge on any atom is 0.0461 e. The van der Waals surface area contributed by atoms with Gasteiger partial charge in [0, 0.05) is 31.2 Å². The molecule has 2 fully saturated rings. The Bertz CT molecular complexity index is 483. The van der Waals surface area contributed by atoms with Gasteiger partial charge in [-0.05, 0) is 44.3 Å². The zero-order valence-corrected chi connectivity index (χ0v) is 15.4. The zero-order valence-electron chi connectivity index (χ0n) is 15.4. The first-order chi connectivity index (χ1) is 11.8. The van der Waals surface area contributed by atoms with E-state index in [2.05, 4.69) is 47.1 Å². The molecule has 24 heavy (non-hydrogen) atoms. The number of nitrogens with two attached hydrogens (primary N) is 1. The highest BCUT2D eigenvalue weighted by molar-refractivity contribution is 5.15. The molecule has 1 aromatic carbocycles. The van der Waals surface area contributed by atoms with E-state index in [0.717, 1.165) is 32.2 Å². The van der Waals surface area contributed by atoms with Gasteiger partial charge in [-0.25, -0.2) is 0 Å². The number of likely N-dealkylation sites (N-methyl/N-ethyl adjacent to an activating group) is 1. The third kappa shape index (κ3) is 4.01. The summed E-state index contributed by atoms with van der Waals surface area (Å²) < 4.78 is 0. The van der Waals surface area contributed by atoms with Crippen LogP contribution < -0.4 is 5.73 Å². The molecule has 3 rings (SSSR count). The second-order valence-electron chi connectivity index (χ2n) is 7.81. The lowest BCUT2D eigenvalue weighted by Crippen LogP contribution is -2.65. The number of hydrogen-bond acceptors (Lipinski definition) is 3. The Morgan fingerprint density at radius 3 is 2.54 bits per heavy atom. The molecule has 0 spiro atoms. The van der Waals surface area contributed by atoms with Crippen LogP contribution in [0.1, 0.15) is 57.4 Å². The molecule has 1 saturated heterocycles. The Morgan fingerprint density at radius 1 is 1.12 bits per heavy atom. The molecule has 1 aromatic rings. The Labute approximate surface area is 148 Å². The van der Waals surface area contributed by atoms with Crippen LogP contribution >= 0.6 is 0 Å². The summed E-state index contributed by atoms with van der Waals surface area (Å²) >= 11 is 0. The van der Waals surface area contributed by atoms with Crippen LogP contribution in [0.25, 0.3) is 0 Å². The Kier molecular flexibility index (Phi) is 6.31. The van der Waals surface area contributed by atoms with E-state index in [0.29, 0.717) is 0 Å². The van der Waals surface area contributed by atoms with Crippen LogP contribution in [-0.4, -0.2) is 47.6 Å². The van der Waals surface area contributed by atoms with Crippen LogP contribution in [0, 0.1) is 0 Å². The number of rotatable bonds is 6. The van der Waals surface area contributed by atoms with Gasteiger partial charge in [-0.1, -0.05) is 56.5 Å². The predicted molar refractivity (Wildman–Crippen MR) is 102 cm³/mol. The minimum absolute atomic E-state index is 0.184. The highest BCUT2D eigenvalue weighted by Crippen LogP contribution is 2.34. The second-order valence-corrected chi connectivity index (χ2v) is 7.81. The zero-order chi connectivity index (χ0) is 16.8. The number of benzene rings is 1. The van der Waals surface area contributed by atoms with E-state index < -0.39 is 0 Å². The van der Waals surface area contributed by atoms with Gasteiger partial charge in [-0.2, -0.15) is 0 Å². The molecule has 0 radical (unpaired) electrons. The average Bonchev–Trinajstić information content (AvgIpc) is 2.64. The molecule has 3 nitrogen and oxygen atoms in total. The fraction of sp³-hybridized carbons (Fsp3) is 0.714. The molecule has 1 heterocycles. The lowest BCUT2D eigenvalue weighted by atomic mass is 9.83. The Morgan fingerprint density at radius 2 is 1.88 bits per heavy atom. The van der Waals surface area contributed by atoms with Crippen LogP contribution in [0.5, 0.6) is 0 Å². The number of hydrogen-bond donors (Lipinski definition) is 1. The topological polar surface area (TPSA) is 32.5 Å². The van der Waals surface area contributed by atoms with Crippen molar-refractivity contribution in [3.63, 3.8) is 0 Å². The number of piperidine rings is 1. The van der Waals surface area contributed by atoms with Gasteiger partial charge in [0.15, 0.2) is 0 Å². The summed E-state index contributed by atoms with van der Waals surface area (Å²) in [4.78, 5) is 5.43. The van der Waals surface area contributed by atoms with E-state index in [4.69, 9.17) is 5.73 Å². The van der Waals surface area contributed by atoms with Crippen LogP contribution in [0.3, 0.4) is 0 Å². The molecule has 0 aromatic heterocycles. The normalized spacial score (nSPS) is 26.8. The van der Waals surface area contributed by atoms with Gasteiger partial charge in [-0.3, -0.25) is 9.80 Å². The van der Waals surface area contributed by atoms with Crippen molar-refractivity contribution < 1.29 is 0 Å². The van der Waals surface area contributed by atoms with E-state index in [-0.39, 0.29) is 5.54 Å². The summed E-state index contributed by atoms with van der Waals surface area (Å²) in [6.45, 7) is 7.66. The monoisotopic (exact) mass is 329 g/mol. The molecule has 1 aliphatic carbocycles. The minimum atomic E-state index is 0.184. The first-order valence-corrected chi connectivity index (χ1v) is 10.0. The first-order valence-electron chi connectivity index (χ1n) is 10.0. The van der Waals surface area contributed by atoms with E-state index in [1.165, 1.54) is 57.1 Å². The molecule has 0 bridgehead atoms. The predicted octanol–water partition coefficient (Wildman–Crippen LogP) is 3.63. The Hall–Kier alpha value is -0.900. The van der Waals surface area contributed by atoms with Crippen molar-refractivity contribution in [1.29, 1.82) is 0 Å². The summed E-state index contributed by atoms with van der Waals surface area (Å²) in [6, 6.07) is 11.6. The SMILES string of the molecule is CCN(C1CCCCC1)C1(CN)CCCN(Cc2ccccc2)C1. The van der Waals surface area contributed by atoms with Crippen LogP contribution in [0.4, 0.5) is 0 Å². The largest absolute Gasteiger partial charge is 0.329 e. The van der Waals surface area contributed by atoms with Gasteiger partial charge < -0.3 is 5.73 Å². The van der Waals surface area contributed by atoms with E-state index in [9.17, 15) is 0 Å². The highest BCUT2D eigenvalue weighted by Gasteiger charge is 2.41. The van der Waals surface area contributed by atoms with Crippen molar-refractivity contribution in [3.05, 3.63) is 35.9 Å². The maximum atomic E-state index is 6.41. The third-order valence-electron chi connectivity index (χ3n) is 6.23. The van der Waals surface area contributed by atoms with Crippen molar-refractivity contribution >= 4 is 0 Å². The summed E-state index contributed by atoms with van der Waals surface area (Å²) in [5.74, 6) is 0. The lowest BCUT2D eigenvalue weighted by Gasteiger charge is -2.52. The van der Waals surface area contributed by atoms with Crippen molar-refractivity contribution in [3.8, 4) is 0 Å². The quantitative estimate of drug-likeness (QED) is 0.865. The van der Waals surface area contributed by atoms with Gasteiger partial charge in [0.25, 0.3) is 0 Å². The van der Waals surface area contributed by atoms with Gasteiger partial charge in [-0.15, -0.1) is 0 Å². The molecule has 1 atom stereocenters. The lowest BCUT2D eigenvalue weighted by molar-refractivity contribution is -0.0205. The maximum absolute atomic E-state index is 6.41. The summed E-state index contributed by atoms with van der Waals surface area (Å²) in [6.07, 6.45) is 9.49. The standard InChI is InChI=1S/C21H35N3/c1-2-24(20-12-7-4-8-13-20)21(17-22)14-9-15-23(18-21)16-19-10-5-3-6-11-19/h3,5-6,10-11,20H,2,4,7-9,12-18,22H2,1H3. The average molecular weight is 330 g/mol. The number of nitrogens with zero attached hydrogens (tertiary/aromatic N) is 2. The fourth-order valence-electron chi connectivity index (χ4n) is 5.07. The molecular weight excluding hydrogens is 294 g/mol. The number of likely N-dealkylation sites (tertiary alicyclic amines) is 1. The Balaban J connectivity index is 1.72. The molecular formula is C21H35N3. The van der Waals surface area contributed by atoms with Crippen molar-refractivity contribution in [2.45, 2.75) is 70.0 Å². The second kappa shape index (κ2) is 8.46. The smallest absolute Gasteiger partial charge is 0.0461 e. The molecule has 1 unspecified atom stereocenters. The summed E-state index contributed by atoms with van der Waals surface area (Å²) in [5.41, 5.74) is 8.02. The molecule has 0 amide bonds. The van der Waals surface area contributed by atoms with Gasteiger partial charge in [0.2, 0.25) is 0 Å². The van der Waals surface area contributed by atoms with Gasteiger partial charge in [0.05, 0.1) is 0 Å². The molecule has 1 saturated carbocycles. The van der Waals surface area contributed by atoms with E-state index in [1.54, 1.807) is 0 Å². The molecule has 134 valence electrons. The van der Waals surface area contributed by atoms with E-state index in [1.807, 2.05) is 0 Å². The third-order valence-corrected chi connectivity index (χ3v) is 6.23. The first kappa shape index (κ1) is 17.9. The molecule has 1 aliphatic heterocycles. The van der Waals surface area contributed by atoms with E-state index >= 15 is 0 Å². The van der Waals surface area contributed by atoms with Crippen molar-refractivity contribution in [2.75, 3.05) is 26.2 Å². The molecule has 2 aliphatic rings. The van der Waals surface area contributed by atoms with Gasteiger partial charge >= 0.3 is 0 Å². The molecule has 3 heteroatoms. The highest BCUT2D eigenvalue weighted by atomic mass is 15.3. The summed E-state index contributed by atoms with van der Waals surface area (Å²) in [5, 5.41) is 0. The van der Waals surface area contributed by atoms with Gasteiger partial charge in [0.1, 0.15) is 0 Å². The molecule has 2 N–H and O–H groups in total. The van der Waals surface area contributed by atoms with Crippen LogP contribution in [0.2, 0.25) is 0 Å².